The molecule has 1 aliphatic rings. The van der Waals surface area contributed by atoms with E-state index < -0.39 is 0 Å². The Balaban J connectivity index is 1.73. The first-order chi connectivity index (χ1) is 9.67. The van der Waals surface area contributed by atoms with Crippen LogP contribution in [0, 0.1) is 5.92 Å². The summed E-state index contributed by atoms with van der Waals surface area (Å²) in [6.07, 6.45) is 7.07. The Kier molecular flexibility index (Phi) is 6.53. The van der Waals surface area contributed by atoms with Crippen molar-refractivity contribution in [3.05, 3.63) is 21.9 Å². The average Bonchev–Trinajstić information content (AvgIpc) is 2.91. The van der Waals surface area contributed by atoms with Crippen LogP contribution in [-0.2, 0) is 17.9 Å². The van der Waals surface area contributed by atoms with Crippen molar-refractivity contribution < 1.29 is 4.74 Å². The molecule has 0 saturated heterocycles. The first-order valence-electron chi connectivity index (χ1n) is 8.10. The maximum Gasteiger partial charge on any atom is 0.0813 e. The van der Waals surface area contributed by atoms with E-state index in [0.717, 1.165) is 19.1 Å². The van der Waals surface area contributed by atoms with Gasteiger partial charge in [-0.2, -0.15) is 0 Å². The summed E-state index contributed by atoms with van der Waals surface area (Å²) in [5.74, 6) is 0.892. The van der Waals surface area contributed by atoms with Crippen LogP contribution in [-0.4, -0.2) is 12.1 Å². The molecular formula is C17H29NOS. The minimum atomic E-state index is 0.494. The summed E-state index contributed by atoms with van der Waals surface area (Å²) in [5.41, 5.74) is 0. The lowest BCUT2D eigenvalue weighted by atomic mass is 9.85. The zero-order valence-electron chi connectivity index (χ0n) is 13.2. The molecule has 0 radical (unpaired) electrons. The Morgan fingerprint density at radius 1 is 1.30 bits per heavy atom. The van der Waals surface area contributed by atoms with Gasteiger partial charge in [-0.15, -0.1) is 11.3 Å². The molecular weight excluding hydrogens is 266 g/mol. The molecule has 0 spiro atoms. The Hall–Kier alpha value is -0.380. The van der Waals surface area contributed by atoms with Gasteiger partial charge in [0.25, 0.3) is 0 Å². The number of thiophene rings is 1. The van der Waals surface area contributed by atoms with Crippen LogP contribution >= 0.6 is 11.3 Å². The van der Waals surface area contributed by atoms with E-state index in [1.165, 1.54) is 41.9 Å². The van der Waals surface area contributed by atoms with E-state index in [2.05, 4.69) is 38.2 Å². The van der Waals surface area contributed by atoms with Gasteiger partial charge in [0.15, 0.2) is 0 Å². The highest BCUT2D eigenvalue weighted by Gasteiger charge is 2.21. The fraction of sp³-hybridized carbons (Fsp3) is 0.765. The van der Waals surface area contributed by atoms with Crippen LogP contribution in [0.15, 0.2) is 12.1 Å². The van der Waals surface area contributed by atoms with E-state index in [0.29, 0.717) is 12.1 Å². The van der Waals surface area contributed by atoms with E-state index in [1.807, 2.05) is 11.3 Å². The first kappa shape index (κ1) is 16.0. The average molecular weight is 295 g/mol. The van der Waals surface area contributed by atoms with Gasteiger partial charge in [0.1, 0.15) is 0 Å². The van der Waals surface area contributed by atoms with Crippen molar-refractivity contribution >= 4 is 11.3 Å². The lowest BCUT2D eigenvalue weighted by Gasteiger charge is -2.28. The second-order valence-corrected chi connectivity index (χ2v) is 7.53. The van der Waals surface area contributed by atoms with Gasteiger partial charge >= 0.3 is 0 Å². The zero-order valence-corrected chi connectivity index (χ0v) is 14.0. The van der Waals surface area contributed by atoms with Gasteiger partial charge in [0.2, 0.25) is 0 Å². The maximum atomic E-state index is 6.13. The lowest BCUT2D eigenvalue weighted by Crippen LogP contribution is -2.22. The first-order valence-corrected chi connectivity index (χ1v) is 8.91. The highest BCUT2D eigenvalue weighted by molar-refractivity contribution is 7.11. The van der Waals surface area contributed by atoms with Crippen LogP contribution in [0.25, 0.3) is 0 Å². The van der Waals surface area contributed by atoms with Crippen molar-refractivity contribution in [2.45, 2.75) is 78.2 Å². The summed E-state index contributed by atoms with van der Waals surface area (Å²) in [7, 11) is 0. The largest absolute Gasteiger partial charge is 0.373 e. The minimum Gasteiger partial charge on any atom is -0.373 e. The van der Waals surface area contributed by atoms with E-state index in [-0.39, 0.29) is 0 Å². The lowest BCUT2D eigenvalue weighted by molar-refractivity contribution is 0.00298. The van der Waals surface area contributed by atoms with Crippen molar-refractivity contribution in [1.29, 1.82) is 0 Å². The van der Waals surface area contributed by atoms with Crippen molar-refractivity contribution in [2.24, 2.45) is 5.92 Å². The molecule has 0 aliphatic heterocycles. The molecule has 2 rings (SSSR count). The number of ether oxygens (including phenoxy) is 1. The third kappa shape index (κ3) is 5.19. The standard InChI is InChI=1S/C17H29NOS/c1-4-14-6-5-7-15(10-14)19-12-17-9-8-16(20-17)11-18-13(2)3/h8-9,13-15,18H,4-7,10-12H2,1-3H3. The van der Waals surface area contributed by atoms with Crippen LogP contribution in [0.3, 0.4) is 0 Å². The highest BCUT2D eigenvalue weighted by Crippen LogP contribution is 2.29. The van der Waals surface area contributed by atoms with E-state index in [4.69, 9.17) is 4.74 Å². The van der Waals surface area contributed by atoms with E-state index in [9.17, 15) is 0 Å². The molecule has 1 aliphatic carbocycles. The molecule has 20 heavy (non-hydrogen) atoms. The van der Waals surface area contributed by atoms with E-state index >= 15 is 0 Å². The molecule has 2 nitrogen and oxygen atoms in total. The SMILES string of the molecule is CCC1CCCC(OCc2ccc(CNC(C)C)s2)C1. The second-order valence-electron chi connectivity index (χ2n) is 6.28. The van der Waals surface area contributed by atoms with Gasteiger partial charge in [-0.05, 0) is 30.9 Å². The zero-order chi connectivity index (χ0) is 14.4. The van der Waals surface area contributed by atoms with Gasteiger partial charge in [0, 0.05) is 22.3 Å². The van der Waals surface area contributed by atoms with Crippen molar-refractivity contribution in [1.82, 2.24) is 5.32 Å². The molecule has 0 bridgehead atoms. The number of hydrogen-bond donors (Lipinski definition) is 1. The van der Waals surface area contributed by atoms with Gasteiger partial charge in [-0.25, -0.2) is 0 Å². The highest BCUT2D eigenvalue weighted by atomic mass is 32.1. The third-order valence-electron chi connectivity index (χ3n) is 4.18. The molecule has 2 atom stereocenters. The molecule has 2 unspecified atom stereocenters. The predicted molar refractivity (Wildman–Crippen MR) is 87.1 cm³/mol. The summed E-state index contributed by atoms with van der Waals surface area (Å²) in [5, 5.41) is 3.46. The van der Waals surface area contributed by atoms with Gasteiger partial charge in [0.05, 0.1) is 12.7 Å². The van der Waals surface area contributed by atoms with Crippen molar-refractivity contribution in [2.75, 3.05) is 0 Å². The smallest absolute Gasteiger partial charge is 0.0813 e. The van der Waals surface area contributed by atoms with Crippen LogP contribution in [0.1, 0.15) is 62.6 Å². The Bertz CT molecular complexity index is 388. The van der Waals surface area contributed by atoms with Crippen LogP contribution in [0.2, 0.25) is 0 Å². The predicted octanol–water partition coefficient (Wildman–Crippen LogP) is 4.73. The van der Waals surface area contributed by atoms with Crippen LogP contribution in [0.5, 0.6) is 0 Å². The fourth-order valence-electron chi connectivity index (χ4n) is 2.86. The monoisotopic (exact) mass is 295 g/mol. The molecule has 1 saturated carbocycles. The molecule has 1 N–H and O–H groups in total. The third-order valence-corrected chi connectivity index (χ3v) is 5.23. The number of rotatable bonds is 7. The molecule has 0 aromatic carbocycles. The quantitative estimate of drug-likeness (QED) is 0.785. The van der Waals surface area contributed by atoms with Gasteiger partial charge in [-0.3, -0.25) is 0 Å². The van der Waals surface area contributed by atoms with Gasteiger partial charge < -0.3 is 10.1 Å². The van der Waals surface area contributed by atoms with Crippen molar-refractivity contribution in [3.8, 4) is 0 Å². The molecule has 0 amide bonds. The summed E-state index contributed by atoms with van der Waals surface area (Å²) in [6.45, 7) is 8.45. The summed E-state index contributed by atoms with van der Waals surface area (Å²) in [6, 6.07) is 5.00. The summed E-state index contributed by atoms with van der Waals surface area (Å²) in [4.78, 5) is 2.77. The second kappa shape index (κ2) is 8.16. The molecule has 3 heteroatoms. The van der Waals surface area contributed by atoms with Gasteiger partial charge in [-0.1, -0.05) is 40.0 Å². The Labute approximate surface area is 127 Å². The molecule has 1 aromatic rings. The molecule has 1 heterocycles. The van der Waals surface area contributed by atoms with Crippen LogP contribution < -0.4 is 5.32 Å². The minimum absolute atomic E-state index is 0.494. The fourth-order valence-corrected chi connectivity index (χ4v) is 3.75. The van der Waals surface area contributed by atoms with Crippen LogP contribution in [0.4, 0.5) is 0 Å². The molecule has 1 fully saturated rings. The summed E-state index contributed by atoms with van der Waals surface area (Å²) < 4.78 is 6.13. The maximum absolute atomic E-state index is 6.13. The topological polar surface area (TPSA) is 21.3 Å². The normalized spacial score (nSPS) is 23.4. The number of nitrogens with one attached hydrogen (secondary N) is 1. The number of hydrogen-bond acceptors (Lipinski definition) is 3. The Morgan fingerprint density at radius 2 is 2.10 bits per heavy atom. The van der Waals surface area contributed by atoms with Crippen molar-refractivity contribution in [3.63, 3.8) is 0 Å². The Morgan fingerprint density at radius 3 is 2.85 bits per heavy atom. The summed E-state index contributed by atoms with van der Waals surface area (Å²) >= 11 is 1.88. The van der Waals surface area contributed by atoms with E-state index in [1.54, 1.807) is 0 Å². The molecule has 1 aromatic heterocycles. The molecule has 114 valence electrons.